The Kier molecular flexibility index (Phi) is 8.93. The van der Waals surface area contributed by atoms with Crippen LogP contribution in [0.25, 0.3) is 10.2 Å². The molecule has 2 amide bonds. The van der Waals surface area contributed by atoms with Crippen molar-refractivity contribution >= 4 is 68.2 Å². The number of para-hydroxylation sites is 1. The molecule has 1 aromatic heterocycles. The normalized spacial score (nSPS) is 15.7. The van der Waals surface area contributed by atoms with E-state index < -0.39 is 5.92 Å². The van der Waals surface area contributed by atoms with E-state index >= 15 is 0 Å². The van der Waals surface area contributed by atoms with E-state index in [0.717, 1.165) is 41.1 Å². The van der Waals surface area contributed by atoms with Gasteiger partial charge in [0.15, 0.2) is 5.13 Å². The van der Waals surface area contributed by atoms with E-state index in [-0.39, 0.29) is 30.6 Å². The van der Waals surface area contributed by atoms with Gasteiger partial charge in [-0.05, 0) is 49.8 Å². The van der Waals surface area contributed by atoms with Gasteiger partial charge in [-0.25, -0.2) is 4.98 Å². The van der Waals surface area contributed by atoms with Crippen LogP contribution in [0.5, 0.6) is 0 Å². The summed E-state index contributed by atoms with van der Waals surface area (Å²) in [4.78, 5) is 37.1. The average molecular weight is 522 g/mol. The van der Waals surface area contributed by atoms with Crippen LogP contribution in [0.1, 0.15) is 25.8 Å². The molecule has 1 fully saturated rings. The third-order valence-corrected chi connectivity index (χ3v) is 7.76. The fourth-order valence-corrected chi connectivity index (χ4v) is 5.45. The summed E-state index contributed by atoms with van der Waals surface area (Å²) in [7, 11) is 0. The molecular weight excluding hydrogens is 491 g/mol. The van der Waals surface area contributed by atoms with E-state index in [1.165, 1.54) is 11.3 Å². The Bertz CT molecular complexity index is 1150. The molecule has 6 nitrogen and oxygen atoms in total. The van der Waals surface area contributed by atoms with Crippen molar-refractivity contribution in [1.82, 2.24) is 9.88 Å². The smallest absolute Gasteiger partial charge is 0.234 e. The van der Waals surface area contributed by atoms with Crippen molar-refractivity contribution in [2.45, 2.75) is 27.2 Å². The van der Waals surface area contributed by atoms with Gasteiger partial charge in [0.2, 0.25) is 11.8 Å². The van der Waals surface area contributed by atoms with Gasteiger partial charge in [-0.3, -0.25) is 14.5 Å². The first kappa shape index (κ1) is 26.4. The van der Waals surface area contributed by atoms with Crippen LogP contribution in [0.15, 0.2) is 42.5 Å². The first-order valence-corrected chi connectivity index (χ1v) is 12.6. The van der Waals surface area contributed by atoms with E-state index in [0.29, 0.717) is 23.2 Å². The summed E-state index contributed by atoms with van der Waals surface area (Å²) >= 11 is 7.81. The molecule has 0 radical (unpaired) electrons. The van der Waals surface area contributed by atoms with Gasteiger partial charge in [-0.2, -0.15) is 0 Å². The van der Waals surface area contributed by atoms with Crippen molar-refractivity contribution < 1.29 is 9.59 Å². The summed E-state index contributed by atoms with van der Waals surface area (Å²) in [5, 5.41) is 1.33. The topological polar surface area (TPSA) is 56.8 Å². The molecule has 3 aromatic rings. The van der Waals surface area contributed by atoms with Gasteiger partial charge in [-0.15, -0.1) is 12.4 Å². The van der Waals surface area contributed by atoms with E-state index in [2.05, 4.69) is 18.7 Å². The molecule has 1 saturated heterocycles. The lowest BCUT2D eigenvalue weighted by molar-refractivity contribution is -0.124. The minimum atomic E-state index is -0.397. The van der Waals surface area contributed by atoms with Crippen molar-refractivity contribution in [3.8, 4) is 0 Å². The summed E-state index contributed by atoms with van der Waals surface area (Å²) in [6.07, 6.45) is 0.214. The summed E-state index contributed by atoms with van der Waals surface area (Å²) in [5.74, 6) is -0.460. The number of amides is 2. The van der Waals surface area contributed by atoms with Crippen molar-refractivity contribution in [3.05, 3.63) is 53.1 Å². The molecule has 9 heteroatoms. The second kappa shape index (κ2) is 11.5. The molecule has 2 heterocycles. The number of aryl methyl sites for hydroxylation is 1. The molecule has 1 aliphatic heterocycles. The second-order valence-electron chi connectivity index (χ2n) is 8.27. The highest BCUT2D eigenvalue weighted by Gasteiger charge is 2.38. The average Bonchev–Trinajstić information content (AvgIpc) is 3.44. The Morgan fingerprint density at radius 3 is 2.53 bits per heavy atom. The van der Waals surface area contributed by atoms with Crippen LogP contribution in [-0.4, -0.2) is 54.4 Å². The number of halogens is 2. The quantitative estimate of drug-likeness (QED) is 0.398. The number of fused-ring (bicyclic) bond motifs is 1. The zero-order chi connectivity index (χ0) is 23.5. The summed E-state index contributed by atoms with van der Waals surface area (Å²) in [6, 6.07) is 13.4. The van der Waals surface area contributed by atoms with Crippen LogP contribution in [0.3, 0.4) is 0 Å². The highest BCUT2D eigenvalue weighted by atomic mass is 35.5. The minimum absolute atomic E-state index is 0. The predicted octanol–water partition coefficient (Wildman–Crippen LogP) is 5.41. The van der Waals surface area contributed by atoms with Crippen LogP contribution in [0.2, 0.25) is 5.02 Å². The van der Waals surface area contributed by atoms with Gasteiger partial charge >= 0.3 is 0 Å². The number of thiazole rings is 1. The summed E-state index contributed by atoms with van der Waals surface area (Å²) in [5.41, 5.74) is 2.58. The number of hydrogen-bond donors (Lipinski definition) is 0. The lowest BCUT2D eigenvalue weighted by Gasteiger charge is -2.26. The predicted molar refractivity (Wildman–Crippen MR) is 144 cm³/mol. The van der Waals surface area contributed by atoms with Gasteiger partial charge in [0, 0.05) is 36.8 Å². The molecule has 0 aliphatic carbocycles. The van der Waals surface area contributed by atoms with Crippen LogP contribution in [0.4, 0.5) is 10.8 Å². The van der Waals surface area contributed by atoms with Crippen molar-refractivity contribution in [2.24, 2.45) is 5.92 Å². The Morgan fingerprint density at radius 1 is 1.15 bits per heavy atom. The Balaban J connectivity index is 0.00000324. The fourth-order valence-electron chi connectivity index (χ4n) is 4.24. The van der Waals surface area contributed by atoms with E-state index in [9.17, 15) is 9.59 Å². The largest absolute Gasteiger partial charge is 0.312 e. The minimum Gasteiger partial charge on any atom is -0.312 e. The second-order valence-corrected chi connectivity index (χ2v) is 9.69. The monoisotopic (exact) mass is 520 g/mol. The number of nitrogens with zero attached hydrogens (tertiary/aromatic N) is 4. The van der Waals surface area contributed by atoms with Crippen LogP contribution in [-0.2, 0) is 9.59 Å². The number of carbonyl (C=O) groups excluding carboxylic acids is 2. The third-order valence-electron chi connectivity index (χ3n) is 6.31. The molecular formula is C25H30Cl2N4O2S. The SMILES string of the molecule is CCN(CC)CCN(C(=O)C1CC(=O)N(c2ccccc2)C1)c1nc2c(C)c(Cl)ccc2s1.Cl. The molecule has 1 unspecified atom stereocenters. The summed E-state index contributed by atoms with van der Waals surface area (Å²) in [6.45, 7) is 9.68. The molecule has 4 rings (SSSR count). The number of carbonyl (C=O) groups is 2. The maximum Gasteiger partial charge on any atom is 0.234 e. The molecule has 0 N–H and O–H groups in total. The van der Waals surface area contributed by atoms with Crippen LogP contribution >= 0.6 is 35.3 Å². The number of anilines is 2. The molecule has 0 saturated carbocycles. The number of benzene rings is 2. The van der Waals surface area contributed by atoms with Gasteiger partial charge in [0.1, 0.15) is 0 Å². The maximum absolute atomic E-state index is 13.8. The Labute approximate surface area is 215 Å². The highest BCUT2D eigenvalue weighted by molar-refractivity contribution is 7.22. The molecule has 0 spiro atoms. The zero-order valence-electron chi connectivity index (χ0n) is 19.7. The van der Waals surface area contributed by atoms with E-state index in [1.54, 1.807) is 9.80 Å². The van der Waals surface area contributed by atoms with Gasteiger partial charge in [0.05, 0.1) is 16.1 Å². The lowest BCUT2D eigenvalue weighted by Crippen LogP contribution is -2.42. The maximum atomic E-state index is 13.8. The number of hydrogen-bond acceptors (Lipinski definition) is 5. The van der Waals surface area contributed by atoms with Gasteiger partial charge < -0.3 is 9.80 Å². The van der Waals surface area contributed by atoms with Crippen molar-refractivity contribution in [2.75, 3.05) is 42.5 Å². The van der Waals surface area contributed by atoms with Crippen molar-refractivity contribution in [3.63, 3.8) is 0 Å². The standard InChI is InChI=1S/C25H29ClN4O2S.ClH/c1-4-28(5-2)13-14-29(25-27-23-17(3)20(26)11-12-21(23)33-25)24(32)18-15-22(31)30(16-18)19-9-7-6-8-10-19;/h6-12,18H,4-5,13-16H2,1-3H3;1H. The molecule has 182 valence electrons. The number of aromatic nitrogens is 1. The number of likely N-dealkylation sites (N-methyl/N-ethyl adjacent to an activating group) is 1. The van der Waals surface area contributed by atoms with Gasteiger partial charge in [-0.1, -0.05) is 55.0 Å². The molecule has 1 aliphatic rings. The van der Waals surface area contributed by atoms with Crippen LogP contribution < -0.4 is 9.80 Å². The fraction of sp³-hybridized carbons (Fsp3) is 0.400. The molecule has 34 heavy (non-hydrogen) atoms. The highest BCUT2D eigenvalue weighted by Crippen LogP contribution is 2.35. The zero-order valence-corrected chi connectivity index (χ0v) is 22.1. The van der Waals surface area contributed by atoms with Crippen molar-refractivity contribution in [1.29, 1.82) is 0 Å². The first-order chi connectivity index (χ1) is 15.9. The van der Waals surface area contributed by atoms with E-state index in [1.807, 2.05) is 49.4 Å². The molecule has 2 aromatic carbocycles. The first-order valence-electron chi connectivity index (χ1n) is 11.4. The van der Waals surface area contributed by atoms with Gasteiger partial charge in [0.25, 0.3) is 0 Å². The van der Waals surface area contributed by atoms with E-state index in [4.69, 9.17) is 16.6 Å². The third kappa shape index (κ3) is 5.38. The Morgan fingerprint density at radius 2 is 1.85 bits per heavy atom. The summed E-state index contributed by atoms with van der Waals surface area (Å²) < 4.78 is 1.00. The lowest BCUT2D eigenvalue weighted by atomic mass is 10.1. The van der Waals surface area contributed by atoms with Crippen LogP contribution in [0, 0.1) is 12.8 Å². The molecule has 0 bridgehead atoms. The number of rotatable bonds is 8. The molecule has 1 atom stereocenters. The Hall–Kier alpha value is -2.19.